The summed E-state index contributed by atoms with van der Waals surface area (Å²) in [5.74, 6) is 0.552. The van der Waals surface area contributed by atoms with Crippen LogP contribution in [0.15, 0.2) is 24.3 Å². The minimum atomic E-state index is -0.275. The molecule has 1 saturated carbocycles. The van der Waals surface area contributed by atoms with E-state index in [2.05, 4.69) is 0 Å². The summed E-state index contributed by atoms with van der Waals surface area (Å²) < 4.78 is 4.94. The highest BCUT2D eigenvalue weighted by Crippen LogP contribution is 2.31. The molecule has 0 aliphatic heterocycles. The maximum Gasteiger partial charge on any atom is 0.338 e. The van der Waals surface area contributed by atoms with Crippen molar-refractivity contribution in [3.63, 3.8) is 0 Å². The minimum Gasteiger partial charge on any atom is -0.462 e. The molecule has 0 radical (unpaired) electrons. The van der Waals surface area contributed by atoms with Crippen LogP contribution in [0.2, 0.25) is 0 Å². The zero-order chi connectivity index (χ0) is 13.0. The van der Waals surface area contributed by atoms with Gasteiger partial charge in [-0.2, -0.15) is 0 Å². The van der Waals surface area contributed by atoms with Gasteiger partial charge in [-0.15, -0.1) is 0 Å². The number of ether oxygens (including phenoxy) is 1. The summed E-state index contributed by atoms with van der Waals surface area (Å²) in [5.41, 5.74) is 1.81. The Balaban J connectivity index is 2.03. The van der Waals surface area contributed by atoms with Crippen molar-refractivity contribution < 1.29 is 14.3 Å². The first-order valence-electron chi connectivity index (χ1n) is 6.49. The number of benzene rings is 1. The fourth-order valence-corrected chi connectivity index (χ4v) is 2.38. The second kappa shape index (κ2) is 5.80. The van der Waals surface area contributed by atoms with Gasteiger partial charge in [0.05, 0.1) is 12.2 Å². The van der Waals surface area contributed by atoms with Crippen LogP contribution in [-0.4, -0.2) is 18.4 Å². The molecule has 0 bridgehead atoms. The quantitative estimate of drug-likeness (QED) is 0.770. The summed E-state index contributed by atoms with van der Waals surface area (Å²) in [6.45, 7) is 2.19. The predicted molar refractivity (Wildman–Crippen MR) is 68.6 cm³/mol. The van der Waals surface area contributed by atoms with Gasteiger partial charge in [-0.25, -0.2) is 4.79 Å². The fraction of sp³-hybridized carbons (Fsp3) is 0.467. The van der Waals surface area contributed by atoms with Crippen LogP contribution < -0.4 is 0 Å². The van der Waals surface area contributed by atoms with Gasteiger partial charge in [-0.05, 0) is 43.4 Å². The summed E-state index contributed by atoms with van der Waals surface area (Å²) in [6, 6.07) is 7.58. The summed E-state index contributed by atoms with van der Waals surface area (Å²) in [5, 5.41) is 0. The Morgan fingerprint density at radius 1 is 1.22 bits per heavy atom. The minimum absolute atomic E-state index is 0.275. The third-order valence-corrected chi connectivity index (χ3v) is 3.44. The molecule has 96 valence electrons. The van der Waals surface area contributed by atoms with Crippen molar-refractivity contribution in [1.29, 1.82) is 0 Å². The first kappa shape index (κ1) is 12.8. The molecule has 1 aliphatic carbocycles. The van der Waals surface area contributed by atoms with Crippen LogP contribution in [0, 0.1) is 0 Å². The van der Waals surface area contributed by atoms with E-state index < -0.39 is 0 Å². The molecular weight excluding hydrogens is 228 g/mol. The summed E-state index contributed by atoms with van der Waals surface area (Å²) >= 11 is 0. The van der Waals surface area contributed by atoms with E-state index in [1.807, 2.05) is 24.3 Å². The molecule has 3 nitrogen and oxygen atoms in total. The number of hydrogen-bond acceptors (Lipinski definition) is 3. The molecule has 0 spiro atoms. The molecule has 1 fully saturated rings. The van der Waals surface area contributed by atoms with Crippen LogP contribution in [-0.2, 0) is 9.53 Å². The lowest BCUT2D eigenvalue weighted by Gasteiger charge is -2.21. The van der Waals surface area contributed by atoms with Crippen molar-refractivity contribution in [3.05, 3.63) is 35.4 Å². The van der Waals surface area contributed by atoms with Gasteiger partial charge in [0.15, 0.2) is 0 Å². The molecule has 0 atom stereocenters. The number of Topliss-reactive ketones (excluding diaryl/α,β-unsaturated/α-hetero) is 1. The molecule has 0 N–H and O–H groups in total. The van der Waals surface area contributed by atoms with Gasteiger partial charge < -0.3 is 4.74 Å². The van der Waals surface area contributed by atoms with Crippen molar-refractivity contribution >= 4 is 11.8 Å². The van der Waals surface area contributed by atoms with E-state index >= 15 is 0 Å². The Kier molecular flexibility index (Phi) is 4.13. The lowest BCUT2D eigenvalue weighted by atomic mass is 9.83. The first-order chi connectivity index (χ1) is 8.70. The highest BCUT2D eigenvalue weighted by molar-refractivity contribution is 5.89. The van der Waals surface area contributed by atoms with Crippen LogP contribution in [0.5, 0.6) is 0 Å². The number of ketones is 1. The molecular formula is C15H18O3. The Morgan fingerprint density at radius 3 is 2.39 bits per heavy atom. The van der Waals surface area contributed by atoms with E-state index in [0.717, 1.165) is 12.8 Å². The monoisotopic (exact) mass is 246 g/mol. The van der Waals surface area contributed by atoms with E-state index in [-0.39, 0.29) is 5.97 Å². The standard InChI is InChI=1S/C15H18O3/c1-2-18-15(17)13-5-3-11(4-6-13)12-7-9-14(16)10-8-12/h3-6,12H,2,7-10H2,1H3. The molecule has 3 heteroatoms. The number of rotatable bonds is 3. The van der Waals surface area contributed by atoms with Crippen molar-refractivity contribution in [2.24, 2.45) is 0 Å². The summed E-state index contributed by atoms with van der Waals surface area (Å²) in [6.07, 6.45) is 3.23. The van der Waals surface area contributed by atoms with E-state index in [1.165, 1.54) is 5.56 Å². The van der Waals surface area contributed by atoms with Crippen molar-refractivity contribution in [2.75, 3.05) is 6.61 Å². The normalized spacial score (nSPS) is 16.6. The summed E-state index contributed by atoms with van der Waals surface area (Å²) in [7, 11) is 0. The zero-order valence-electron chi connectivity index (χ0n) is 10.6. The van der Waals surface area contributed by atoms with Crippen LogP contribution >= 0.6 is 0 Å². The van der Waals surface area contributed by atoms with Crippen LogP contribution in [0.4, 0.5) is 0 Å². The lowest BCUT2D eigenvalue weighted by Crippen LogP contribution is -2.12. The van der Waals surface area contributed by atoms with Crippen molar-refractivity contribution in [1.82, 2.24) is 0 Å². The molecule has 0 heterocycles. The SMILES string of the molecule is CCOC(=O)c1ccc(C2CCC(=O)CC2)cc1. The first-order valence-corrected chi connectivity index (χ1v) is 6.49. The Morgan fingerprint density at radius 2 is 1.83 bits per heavy atom. The van der Waals surface area contributed by atoms with E-state index in [1.54, 1.807) is 6.92 Å². The number of esters is 1. The van der Waals surface area contributed by atoms with Gasteiger partial charge in [-0.1, -0.05) is 12.1 Å². The molecule has 0 saturated heterocycles. The third-order valence-electron chi connectivity index (χ3n) is 3.44. The highest BCUT2D eigenvalue weighted by atomic mass is 16.5. The van der Waals surface area contributed by atoms with Gasteiger partial charge >= 0.3 is 5.97 Å². The van der Waals surface area contributed by atoms with E-state index in [4.69, 9.17) is 4.74 Å². The molecule has 2 rings (SSSR count). The average molecular weight is 246 g/mol. The second-order valence-electron chi connectivity index (χ2n) is 4.66. The van der Waals surface area contributed by atoms with Crippen molar-refractivity contribution in [3.8, 4) is 0 Å². The Labute approximate surface area is 107 Å². The molecule has 18 heavy (non-hydrogen) atoms. The van der Waals surface area contributed by atoms with Gasteiger partial charge in [0, 0.05) is 12.8 Å². The van der Waals surface area contributed by atoms with E-state index in [0.29, 0.717) is 36.7 Å². The maximum atomic E-state index is 11.5. The maximum absolute atomic E-state index is 11.5. The largest absolute Gasteiger partial charge is 0.462 e. The van der Waals surface area contributed by atoms with Crippen LogP contribution in [0.1, 0.15) is 54.4 Å². The molecule has 1 aliphatic rings. The topological polar surface area (TPSA) is 43.4 Å². The van der Waals surface area contributed by atoms with Gasteiger partial charge in [0.2, 0.25) is 0 Å². The predicted octanol–water partition coefficient (Wildman–Crippen LogP) is 3.09. The highest BCUT2D eigenvalue weighted by Gasteiger charge is 2.20. The Hall–Kier alpha value is -1.64. The number of carbonyl (C=O) groups is 2. The van der Waals surface area contributed by atoms with E-state index in [9.17, 15) is 9.59 Å². The summed E-state index contributed by atoms with van der Waals surface area (Å²) in [4.78, 5) is 22.7. The molecule has 0 aromatic heterocycles. The molecule has 0 amide bonds. The van der Waals surface area contributed by atoms with Gasteiger partial charge in [0.25, 0.3) is 0 Å². The fourth-order valence-electron chi connectivity index (χ4n) is 2.38. The molecule has 1 aromatic carbocycles. The third kappa shape index (κ3) is 2.97. The van der Waals surface area contributed by atoms with Gasteiger partial charge in [-0.3, -0.25) is 4.79 Å². The Bertz CT molecular complexity index is 424. The number of carbonyl (C=O) groups excluding carboxylic acids is 2. The van der Waals surface area contributed by atoms with Crippen LogP contribution in [0.25, 0.3) is 0 Å². The molecule has 1 aromatic rings. The average Bonchev–Trinajstić information content (AvgIpc) is 2.40. The van der Waals surface area contributed by atoms with Gasteiger partial charge in [0.1, 0.15) is 5.78 Å². The lowest BCUT2D eigenvalue weighted by molar-refractivity contribution is -0.120. The smallest absolute Gasteiger partial charge is 0.338 e. The second-order valence-corrected chi connectivity index (χ2v) is 4.66. The zero-order valence-corrected chi connectivity index (χ0v) is 10.6. The van der Waals surface area contributed by atoms with Crippen molar-refractivity contribution in [2.45, 2.75) is 38.5 Å². The number of hydrogen-bond donors (Lipinski definition) is 0. The van der Waals surface area contributed by atoms with Crippen LogP contribution in [0.3, 0.4) is 0 Å². The molecule has 0 unspecified atom stereocenters.